The van der Waals surface area contributed by atoms with Gasteiger partial charge in [-0.25, -0.2) is 8.42 Å². The van der Waals surface area contributed by atoms with Gasteiger partial charge in [0.15, 0.2) is 0 Å². The first kappa shape index (κ1) is 15.0. The van der Waals surface area contributed by atoms with E-state index in [1.165, 1.54) is 6.26 Å². The van der Waals surface area contributed by atoms with Gasteiger partial charge in [0.2, 0.25) is 0 Å². The van der Waals surface area contributed by atoms with E-state index in [-0.39, 0.29) is 17.7 Å². The molecule has 1 unspecified atom stereocenters. The highest BCUT2D eigenvalue weighted by Gasteiger charge is 2.46. The molecule has 3 N–H and O–H groups in total. The van der Waals surface area contributed by atoms with Crippen molar-refractivity contribution in [3.05, 3.63) is 35.4 Å². The van der Waals surface area contributed by atoms with Gasteiger partial charge in [0.1, 0.15) is 9.84 Å². The van der Waals surface area contributed by atoms with E-state index in [0.717, 1.165) is 18.4 Å². The van der Waals surface area contributed by atoms with E-state index in [2.05, 4.69) is 0 Å². The van der Waals surface area contributed by atoms with Gasteiger partial charge >= 0.3 is 5.97 Å². The number of hydrogen-bond donors (Lipinski definition) is 2. The van der Waals surface area contributed by atoms with Crippen molar-refractivity contribution in [3.63, 3.8) is 0 Å². The van der Waals surface area contributed by atoms with Crippen molar-refractivity contribution in [3.8, 4) is 0 Å². The quantitative estimate of drug-likeness (QED) is 0.812. The van der Waals surface area contributed by atoms with E-state index < -0.39 is 21.7 Å². The van der Waals surface area contributed by atoms with Crippen molar-refractivity contribution in [1.29, 1.82) is 0 Å². The Morgan fingerprint density at radius 3 is 2.25 bits per heavy atom. The van der Waals surface area contributed by atoms with Crippen LogP contribution in [0, 0.1) is 0 Å². The van der Waals surface area contributed by atoms with Crippen molar-refractivity contribution < 1.29 is 18.3 Å². The molecule has 0 bridgehead atoms. The van der Waals surface area contributed by atoms with E-state index in [1.54, 1.807) is 12.1 Å². The first-order chi connectivity index (χ1) is 9.27. The normalized spacial score (nSPS) is 18.5. The average Bonchev–Trinajstić information content (AvgIpc) is 3.09. The highest BCUT2D eigenvalue weighted by Crippen LogP contribution is 2.49. The summed E-state index contributed by atoms with van der Waals surface area (Å²) in [5.41, 5.74) is 6.81. The molecule has 110 valence electrons. The van der Waals surface area contributed by atoms with Crippen LogP contribution in [-0.2, 0) is 20.0 Å². The van der Waals surface area contributed by atoms with Crippen molar-refractivity contribution >= 4 is 15.8 Å². The molecule has 0 saturated heterocycles. The predicted octanol–water partition coefficient (Wildman–Crippen LogP) is 0.890. The summed E-state index contributed by atoms with van der Waals surface area (Å²) in [5.74, 6) is -1.51. The van der Waals surface area contributed by atoms with Crippen LogP contribution in [0.2, 0.25) is 0 Å². The van der Waals surface area contributed by atoms with Crippen molar-refractivity contribution in [2.75, 3.05) is 18.6 Å². The third kappa shape index (κ3) is 3.19. The average molecular weight is 297 g/mol. The lowest BCUT2D eigenvalue weighted by atomic mass is 9.93. The van der Waals surface area contributed by atoms with E-state index in [4.69, 9.17) is 10.8 Å². The van der Waals surface area contributed by atoms with Gasteiger partial charge in [0, 0.05) is 18.2 Å². The van der Waals surface area contributed by atoms with Crippen LogP contribution in [0.3, 0.4) is 0 Å². The van der Waals surface area contributed by atoms with Crippen LogP contribution in [0.1, 0.15) is 29.9 Å². The summed E-state index contributed by atoms with van der Waals surface area (Å²) in [6.07, 6.45) is 2.97. The zero-order valence-corrected chi connectivity index (χ0v) is 12.2. The molecule has 1 atom stereocenters. The Balaban J connectivity index is 2.23. The SMILES string of the molecule is CS(=O)(=O)CC1(c2ccc(C(CN)C(=O)O)cc2)CC1. The highest BCUT2D eigenvalue weighted by atomic mass is 32.2. The molecule has 5 nitrogen and oxygen atoms in total. The van der Waals surface area contributed by atoms with E-state index in [1.807, 2.05) is 12.1 Å². The van der Waals surface area contributed by atoms with Gasteiger partial charge in [0.25, 0.3) is 0 Å². The summed E-state index contributed by atoms with van der Waals surface area (Å²) >= 11 is 0. The van der Waals surface area contributed by atoms with Gasteiger partial charge in [-0.15, -0.1) is 0 Å². The summed E-state index contributed by atoms with van der Waals surface area (Å²) in [7, 11) is -3.03. The number of carbonyl (C=O) groups is 1. The smallest absolute Gasteiger partial charge is 0.312 e. The van der Waals surface area contributed by atoms with Crippen LogP contribution in [0.15, 0.2) is 24.3 Å². The first-order valence-electron chi connectivity index (χ1n) is 6.48. The minimum absolute atomic E-state index is 0.0448. The molecule has 0 aromatic heterocycles. The van der Waals surface area contributed by atoms with Crippen molar-refractivity contribution in [2.45, 2.75) is 24.2 Å². The summed E-state index contributed by atoms with van der Waals surface area (Å²) in [4.78, 5) is 11.1. The fourth-order valence-corrected chi connectivity index (χ4v) is 4.08. The Kier molecular flexibility index (Phi) is 3.88. The molecule has 1 fully saturated rings. The maximum absolute atomic E-state index is 11.5. The molecule has 1 saturated carbocycles. The number of rotatable bonds is 6. The minimum Gasteiger partial charge on any atom is -0.481 e. The Hall–Kier alpha value is -1.40. The van der Waals surface area contributed by atoms with Crippen LogP contribution < -0.4 is 5.73 Å². The van der Waals surface area contributed by atoms with Gasteiger partial charge < -0.3 is 10.8 Å². The molecule has 2 rings (SSSR count). The largest absolute Gasteiger partial charge is 0.481 e. The fourth-order valence-electron chi connectivity index (χ4n) is 2.62. The van der Waals surface area contributed by atoms with Crippen molar-refractivity contribution in [1.82, 2.24) is 0 Å². The van der Waals surface area contributed by atoms with Gasteiger partial charge in [-0.1, -0.05) is 24.3 Å². The summed E-state index contributed by atoms with van der Waals surface area (Å²) in [6, 6.07) is 7.14. The summed E-state index contributed by atoms with van der Waals surface area (Å²) < 4.78 is 23.0. The van der Waals surface area contributed by atoms with Crippen LogP contribution in [0.25, 0.3) is 0 Å². The Labute approximate surface area is 118 Å². The predicted molar refractivity (Wildman–Crippen MR) is 76.5 cm³/mol. The lowest BCUT2D eigenvalue weighted by molar-refractivity contribution is -0.138. The number of carboxylic acids is 1. The molecule has 0 spiro atoms. The molecular formula is C14H19NO4S. The van der Waals surface area contributed by atoms with Crippen LogP contribution in [0.4, 0.5) is 0 Å². The Bertz CT molecular complexity index is 603. The van der Waals surface area contributed by atoms with Gasteiger partial charge in [-0.05, 0) is 24.0 Å². The maximum Gasteiger partial charge on any atom is 0.312 e. The van der Waals surface area contributed by atoms with E-state index >= 15 is 0 Å². The molecule has 0 aliphatic heterocycles. The van der Waals surface area contributed by atoms with Gasteiger partial charge in [-0.3, -0.25) is 4.79 Å². The summed E-state index contributed by atoms with van der Waals surface area (Å²) in [6.45, 7) is 0.0448. The lowest BCUT2D eigenvalue weighted by Crippen LogP contribution is -2.22. The molecule has 20 heavy (non-hydrogen) atoms. The second-order valence-electron chi connectivity index (χ2n) is 5.60. The molecule has 0 radical (unpaired) electrons. The highest BCUT2D eigenvalue weighted by molar-refractivity contribution is 7.90. The number of sulfone groups is 1. The molecule has 0 heterocycles. The Morgan fingerprint density at radius 1 is 1.35 bits per heavy atom. The van der Waals surface area contributed by atoms with Crippen LogP contribution in [0.5, 0.6) is 0 Å². The van der Waals surface area contributed by atoms with Crippen molar-refractivity contribution in [2.24, 2.45) is 5.73 Å². The minimum atomic E-state index is -3.03. The van der Waals surface area contributed by atoms with Crippen LogP contribution >= 0.6 is 0 Å². The molecule has 1 aliphatic carbocycles. The number of carboxylic acid groups (broad SMARTS) is 1. The zero-order chi connectivity index (χ0) is 15.0. The van der Waals surface area contributed by atoms with Crippen LogP contribution in [-0.4, -0.2) is 38.0 Å². The zero-order valence-electron chi connectivity index (χ0n) is 11.4. The third-order valence-corrected chi connectivity index (χ3v) is 4.93. The second-order valence-corrected chi connectivity index (χ2v) is 7.74. The number of nitrogens with two attached hydrogens (primary N) is 1. The molecule has 1 aliphatic rings. The maximum atomic E-state index is 11.5. The van der Waals surface area contributed by atoms with E-state index in [0.29, 0.717) is 5.56 Å². The van der Waals surface area contributed by atoms with Gasteiger partial charge in [0.05, 0.1) is 11.7 Å². The number of hydrogen-bond acceptors (Lipinski definition) is 4. The summed E-state index contributed by atoms with van der Waals surface area (Å²) in [5, 5.41) is 9.06. The molecular weight excluding hydrogens is 278 g/mol. The monoisotopic (exact) mass is 297 g/mol. The molecule has 1 aromatic carbocycles. The lowest BCUT2D eigenvalue weighted by Gasteiger charge is -2.16. The molecule has 1 aromatic rings. The third-order valence-electron chi connectivity index (χ3n) is 3.85. The molecule has 6 heteroatoms. The molecule has 0 amide bonds. The number of aliphatic carboxylic acids is 1. The first-order valence-corrected chi connectivity index (χ1v) is 8.54. The van der Waals surface area contributed by atoms with E-state index in [9.17, 15) is 13.2 Å². The standard InChI is InChI=1S/C14H19NO4S/c1-20(18,19)9-14(6-7-14)11-4-2-10(3-5-11)12(8-15)13(16)17/h2-5,12H,6-9,15H2,1H3,(H,16,17). The van der Waals surface area contributed by atoms with Gasteiger partial charge in [-0.2, -0.15) is 0 Å². The Morgan fingerprint density at radius 2 is 1.90 bits per heavy atom. The second kappa shape index (κ2) is 5.18. The number of benzene rings is 1. The topological polar surface area (TPSA) is 97.5 Å². The fraction of sp³-hybridized carbons (Fsp3) is 0.500.